The number of likely N-dealkylation sites (tertiary alicyclic amines) is 2. The van der Waals surface area contributed by atoms with Crippen LogP contribution in [0.5, 0.6) is 0 Å². The number of aromatic nitrogens is 1. The Labute approximate surface area is 138 Å². The first-order valence-corrected chi connectivity index (χ1v) is 8.69. The first-order chi connectivity index (χ1) is 11.3. The molecule has 1 aromatic heterocycles. The lowest BCUT2D eigenvalue weighted by Crippen LogP contribution is -2.45. The van der Waals surface area contributed by atoms with Crippen LogP contribution < -0.4 is 0 Å². The first kappa shape index (κ1) is 16.4. The third-order valence-corrected chi connectivity index (χ3v) is 5.06. The maximum atomic E-state index is 12.5. The van der Waals surface area contributed by atoms with Crippen LogP contribution in [-0.2, 0) is 16.1 Å². The van der Waals surface area contributed by atoms with Crippen molar-refractivity contribution in [2.24, 2.45) is 5.92 Å². The lowest BCUT2D eigenvalue weighted by atomic mass is 9.90. The summed E-state index contributed by atoms with van der Waals surface area (Å²) >= 11 is 0. The molecule has 3 heterocycles. The highest BCUT2D eigenvalue weighted by molar-refractivity contribution is 5.76. The third kappa shape index (κ3) is 4.30. The van der Waals surface area contributed by atoms with Gasteiger partial charge in [0.1, 0.15) is 0 Å². The van der Waals surface area contributed by atoms with E-state index in [1.165, 1.54) is 0 Å². The number of pyridine rings is 1. The molecule has 2 aliphatic heterocycles. The summed E-state index contributed by atoms with van der Waals surface area (Å²) in [6.45, 7) is 4.63. The molecule has 0 spiro atoms. The van der Waals surface area contributed by atoms with Gasteiger partial charge in [0.05, 0.1) is 11.8 Å². The minimum absolute atomic E-state index is 0.196. The number of hydrogen-bond donors (Lipinski definition) is 0. The van der Waals surface area contributed by atoms with Crippen molar-refractivity contribution in [3.8, 4) is 0 Å². The largest absolute Gasteiger partial charge is 0.381 e. The Morgan fingerprint density at radius 1 is 1.30 bits per heavy atom. The normalized spacial score (nSPS) is 25.7. The van der Waals surface area contributed by atoms with Gasteiger partial charge in [-0.3, -0.25) is 14.7 Å². The SMILES string of the molecule is CO[C@@H]1CCN(Cc2ccccn2)C[C@H]1CC(=O)N1CCCC1. The molecule has 0 N–H and O–H groups in total. The molecule has 0 saturated carbocycles. The summed E-state index contributed by atoms with van der Waals surface area (Å²) in [6.07, 6.45) is 5.93. The van der Waals surface area contributed by atoms with E-state index in [-0.39, 0.29) is 12.0 Å². The van der Waals surface area contributed by atoms with E-state index in [1.807, 2.05) is 23.2 Å². The van der Waals surface area contributed by atoms with Crippen molar-refractivity contribution in [1.82, 2.24) is 14.8 Å². The minimum atomic E-state index is 0.196. The monoisotopic (exact) mass is 317 g/mol. The summed E-state index contributed by atoms with van der Waals surface area (Å²) in [5, 5.41) is 0. The van der Waals surface area contributed by atoms with Crippen molar-refractivity contribution < 1.29 is 9.53 Å². The highest BCUT2D eigenvalue weighted by atomic mass is 16.5. The van der Waals surface area contributed by atoms with Gasteiger partial charge >= 0.3 is 0 Å². The maximum Gasteiger partial charge on any atom is 0.222 e. The maximum absolute atomic E-state index is 12.5. The molecule has 0 radical (unpaired) electrons. The van der Waals surface area contributed by atoms with Crippen LogP contribution in [0.3, 0.4) is 0 Å². The van der Waals surface area contributed by atoms with Crippen LogP contribution in [0.1, 0.15) is 31.4 Å². The molecular weight excluding hydrogens is 290 g/mol. The Balaban J connectivity index is 1.58. The van der Waals surface area contributed by atoms with Crippen LogP contribution in [0.15, 0.2) is 24.4 Å². The van der Waals surface area contributed by atoms with Crippen molar-refractivity contribution in [2.75, 3.05) is 33.3 Å². The molecule has 0 aromatic carbocycles. The van der Waals surface area contributed by atoms with E-state index in [4.69, 9.17) is 4.74 Å². The topological polar surface area (TPSA) is 45.7 Å². The molecular formula is C18H27N3O2. The third-order valence-electron chi connectivity index (χ3n) is 5.06. The minimum Gasteiger partial charge on any atom is -0.381 e. The van der Waals surface area contributed by atoms with Gasteiger partial charge in [-0.25, -0.2) is 0 Å². The molecule has 0 aliphatic carbocycles. The van der Waals surface area contributed by atoms with Gasteiger partial charge < -0.3 is 9.64 Å². The number of amides is 1. The average molecular weight is 317 g/mol. The van der Waals surface area contributed by atoms with Crippen molar-refractivity contribution in [2.45, 2.75) is 38.3 Å². The van der Waals surface area contributed by atoms with Gasteiger partial charge in [-0.15, -0.1) is 0 Å². The van der Waals surface area contributed by atoms with E-state index in [2.05, 4.69) is 16.0 Å². The molecule has 5 heteroatoms. The second-order valence-electron chi connectivity index (χ2n) is 6.67. The van der Waals surface area contributed by atoms with E-state index in [0.29, 0.717) is 12.3 Å². The molecule has 23 heavy (non-hydrogen) atoms. The van der Waals surface area contributed by atoms with E-state index >= 15 is 0 Å². The summed E-state index contributed by atoms with van der Waals surface area (Å²) in [6, 6.07) is 6.03. The molecule has 5 nitrogen and oxygen atoms in total. The Bertz CT molecular complexity index is 502. The Morgan fingerprint density at radius 2 is 2.13 bits per heavy atom. The number of ether oxygens (including phenoxy) is 1. The molecule has 2 aliphatic rings. The van der Waals surface area contributed by atoms with E-state index in [9.17, 15) is 4.79 Å². The predicted molar refractivity (Wildman–Crippen MR) is 88.8 cm³/mol. The second kappa shape index (κ2) is 7.88. The Hall–Kier alpha value is -1.46. The fourth-order valence-corrected chi connectivity index (χ4v) is 3.78. The highest BCUT2D eigenvalue weighted by Gasteiger charge is 2.32. The van der Waals surface area contributed by atoms with Gasteiger partial charge in [0.15, 0.2) is 0 Å². The second-order valence-corrected chi connectivity index (χ2v) is 6.67. The Kier molecular flexibility index (Phi) is 5.62. The number of piperidine rings is 1. The van der Waals surface area contributed by atoms with Crippen LogP contribution in [0.25, 0.3) is 0 Å². The molecule has 3 rings (SSSR count). The molecule has 0 unspecified atom stereocenters. The summed E-state index contributed by atoms with van der Waals surface area (Å²) in [5.41, 5.74) is 1.09. The fourth-order valence-electron chi connectivity index (χ4n) is 3.78. The molecule has 2 atom stereocenters. The van der Waals surface area contributed by atoms with Crippen molar-refractivity contribution in [1.29, 1.82) is 0 Å². The van der Waals surface area contributed by atoms with Crippen LogP contribution >= 0.6 is 0 Å². The molecule has 0 bridgehead atoms. The quantitative estimate of drug-likeness (QED) is 0.832. The number of rotatable bonds is 5. The van der Waals surface area contributed by atoms with Crippen molar-refractivity contribution in [3.63, 3.8) is 0 Å². The molecule has 1 aromatic rings. The van der Waals surface area contributed by atoms with Crippen molar-refractivity contribution in [3.05, 3.63) is 30.1 Å². The zero-order valence-electron chi connectivity index (χ0n) is 14.0. The van der Waals surface area contributed by atoms with E-state index in [1.54, 1.807) is 7.11 Å². The van der Waals surface area contributed by atoms with Crippen LogP contribution in [-0.4, -0.2) is 60.1 Å². The zero-order chi connectivity index (χ0) is 16.1. The number of carbonyl (C=O) groups excluding carboxylic acids is 1. The van der Waals surface area contributed by atoms with Gasteiger partial charge in [-0.1, -0.05) is 6.07 Å². The summed E-state index contributed by atoms with van der Waals surface area (Å²) in [7, 11) is 1.77. The number of nitrogens with zero attached hydrogens (tertiary/aromatic N) is 3. The zero-order valence-corrected chi connectivity index (χ0v) is 14.0. The van der Waals surface area contributed by atoms with Gasteiger partial charge in [0, 0.05) is 58.4 Å². The number of carbonyl (C=O) groups is 1. The van der Waals surface area contributed by atoms with E-state index < -0.39 is 0 Å². The summed E-state index contributed by atoms with van der Waals surface area (Å²) in [5.74, 6) is 0.583. The standard InChI is InChI=1S/C18H27N3O2/c1-23-17-7-11-20(14-16-6-2-3-8-19-16)13-15(17)12-18(22)21-9-4-5-10-21/h2-3,6,8,15,17H,4-5,7,9-14H2,1H3/t15-,17-/m1/s1. The van der Waals surface area contributed by atoms with Gasteiger partial charge in [-0.05, 0) is 31.4 Å². The molecule has 2 fully saturated rings. The molecule has 1 amide bonds. The fraction of sp³-hybridized carbons (Fsp3) is 0.667. The van der Waals surface area contributed by atoms with Crippen LogP contribution in [0, 0.1) is 5.92 Å². The highest BCUT2D eigenvalue weighted by Crippen LogP contribution is 2.25. The molecule has 126 valence electrons. The van der Waals surface area contributed by atoms with E-state index in [0.717, 1.165) is 57.7 Å². The summed E-state index contributed by atoms with van der Waals surface area (Å²) < 4.78 is 5.65. The average Bonchev–Trinajstić information content (AvgIpc) is 3.11. The lowest BCUT2D eigenvalue weighted by molar-refractivity contribution is -0.133. The van der Waals surface area contributed by atoms with Gasteiger partial charge in [-0.2, -0.15) is 0 Å². The van der Waals surface area contributed by atoms with Gasteiger partial charge in [0.25, 0.3) is 0 Å². The predicted octanol–water partition coefficient (Wildman–Crippen LogP) is 1.93. The smallest absolute Gasteiger partial charge is 0.222 e. The van der Waals surface area contributed by atoms with Crippen LogP contribution in [0.4, 0.5) is 0 Å². The van der Waals surface area contributed by atoms with Crippen molar-refractivity contribution >= 4 is 5.91 Å². The number of hydrogen-bond acceptors (Lipinski definition) is 4. The lowest BCUT2D eigenvalue weighted by Gasteiger charge is -2.38. The van der Waals surface area contributed by atoms with Crippen LogP contribution in [0.2, 0.25) is 0 Å². The Morgan fingerprint density at radius 3 is 2.83 bits per heavy atom. The summed E-state index contributed by atoms with van der Waals surface area (Å²) in [4.78, 5) is 21.3. The molecule has 2 saturated heterocycles. The van der Waals surface area contributed by atoms with Gasteiger partial charge in [0.2, 0.25) is 5.91 Å². The number of methoxy groups -OCH3 is 1. The first-order valence-electron chi connectivity index (χ1n) is 8.69.